The molecule has 1 saturated heterocycles. The van der Waals surface area contributed by atoms with Gasteiger partial charge in [-0.15, -0.1) is 0 Å². The van der Waals surface area contributed by atoms with Crippen molar-refractivity contribution in [3.8, 4) is 11.4 Å². The summed E-state index contributed by atoms with van der Waals surface area (Å²) < 4.78 is 7.84. The van der Waals surface area contributed by atoms with E-state index in [4.69, 9.17) is 17.0 Å². The first kappa shape index (κ1) is 24.5. The third kappa shape index (κ3) is 4.80. The zero-order chi connectivity index (χ0) is 25.9. The van der Waals surface area contributed by atoms with Crippen LogP contribution in [-0.4, -0.2) is 27.7 Å². The standard InChI is InChI=1S/C29H29N5O2S/c1-4-26(35)31-22-15-14-21(18-25(22)36-3)34-28(27(32-29(34)37)23-8-5-6-16-30-23)24-9-7-17-33(24)20-12-10-19(2)11-13-20/h5-18,27-28H,4H2,1-3H3,(H,31,35)(H,32,37)/t27-,28-/m1/s1. The van der Waals surface area contributed by atoms with Crippen LogP contribution in [0.25, 0.3) is 5.69 Å². The van der Waals surface area contributed by atoms with Crippen molar-refractivity contribution in [2.45, 2.75) is 32.4 Å². The van der Waals surface area contributed by atoms with E-state index in [0.717, 1.165) is 22.8 Å². The van der Waals surface area contributed by atoms with Crippen LogP contribution in [0.2, 0.25) is 0 Å². The van der Waals surface area contributed by atoms with Crippen molar-refractivity contribution in [3.05, 3.63) is 102 Å². The van der Waals surface area contributed by atoms with Crippen molar-refractivity contribution >= 4 is 34.6 Å². The van der Waals surface area contributed by atoms with Gasteiger partial charge in [-0.3, -0.25) is 9.78 Å². The Morgan fingerprint density at radius 3 is 2.57 bits per heavy atom. The number of nitrogens with one attached hydrogen (secondary N) is 2. The lowest BCUT2D eigenvalue weighted by atomic mass is 10.0. The molecular formula is C29H29N5O2S. The van der Waals surface area contributed by atoms with Crippen molar-refractivity contribution in [2.75, 3.05) is 17.3 Å². The molecule has 4 aromatic rings. The summed E-state index contributed by atoms with van der Waals surface area (Å²) in [6.07, 6.45) is 4.25. The van der Waals surface area contributed by atoms with E-state index in [-0.39, 0.29) is 18.0 Å². The number of anilines is 2. The van der Waals surface area contributed by atoms with Gasteiger partial charge in [-0.1, -0.05) is 30.7 Å². The molecule has 1 aliphatic heterocycles. The van der Waals surface area contributed by atoms with Crippen LogP contribution in [0.5, 0.6) is 5.75 Å². The summed E-state index contributed by atoms with van der Waals surface area (Å²) in [5.74, 6) is 0.490. The number of benzene rings is 2. The molecule has 0 radical (unpaired) electrons. The highest BCUT2D eigenvalue weighted by Gasteiger charge is 2.42. The first-order valence-electron chi connectivity index (χ1n) is 12.2. The van der Waals surface area contributed by atoms with E-state index >= 15 is 0 Å². The maximum Gasteiger partial charge on any atom is 0.224 e. The van der Waals surface area contributed by atoms with Crippen molar-refractivity contribution in [1.82, 2.24) is 14.9 Å². The van der Waals surface area contributed by atoms with Crippen LogP contribution >= 0.6 is 12.2 Å². The molecule has 2 atom stereocenters. The Kier molecular flexibility index (Phi) is 6.92. The summed E-state index contributed by atoms with van der Waals surface area (Å²) in [4.78, 5) is 18.8. The average Bonchev–Trinajstić information content (AvgIpc) is 3.54. The second kappa shape index (κ2) is 10.4. The minimum atomic E-state index is -0.195. The molecule has 0 spiro atoms. The molecule has 1 aliphatic rings. The Labute approximate surface area is 222 Å². The number of methoxy groups -OCH3 is 1. The predicted molar refractivity (Wildman–Crippen MR) is 150 cm³/mol. The molecule has 3 heterocycles. The van der Waals surface area contributed by atoms with Gasteiger partial charge in [0.15, 0.2) is 5.11 Å². The van der Waals surface area contributed by atoms with Gasteiger partial charge < -0.3 is 24.8 Å². The average molecular weight is 512 g/mol. The molecule has 8 heteroatoms. The fourth-order valence-corrected chi connectivity index (χ4v) is 5.03. The Morgan fingerprint density at radius 2 is 1.86 bits per heavy atom. The van der Waals surface area contributed by atoms with Crippen LogP contribution in [-0.2, 0) is 4.79 Å². The van der Waals surface area contributed by atoms with Gasteiger partial charge in [0.2, 0.25) is 5.91 Å². The third-order valence-electron chi connectivity index (χ3n) is 6.55. The Balaban J connectivity index is 1.62. The number of thiocarbonyl (C=S) groups is 1. The minimum Gasteiger partial charge on any atom is -0.494 e. The molecule has 1 fully saturated rings. The molecule has 2 aromatic heterocycles. The fraction of sp³-hybridized carbons (Fsp3) is 0.207. The molecule has 0 unspecified atom stereocenters. The molecule has 2 N–H and O–H groups in total. The van der Waals surface area contributed by atoms with E-state index < -0.39 is 0 Å². The first-order valence-corrected chi connectivity index (χ1v) is 12.6. The lowest BCUT2D eigenvalue weighted by Gasteiger charge is -2.29. The van der Waals surface area contributed by atoms with Gasteiger partial charge >= 0.3 is 0 Å². The van der Waals surface area contributed by atoms with E-state index in [1.165, 1.54) is 5.56 Å². The molecular weight excluding hydrogens is 482 g/mol. The van der Waals surface area contributed by atoms with Crippen molar-refractivity contribution < 1.29 is 9.53 Å². The second-order valence-corrected chi connectivity index (χ2v) is 9.31. The van der Waals surface area contributed by atoms with Crippen molar-refractivity contribution in [1.29, 1.82) is 0 Å². The molecule has 1 amide bonds. The van der Waals surface area contributed by atoms with E-state index in [1.54, 1.807) is 13.3 Å². The molecule has 0 aliphatic carbocycles. The number of carbonyl (C=O) groups excluding carboxylic acids is 1. The van der Waals surface area contributed by atoms with Gasteiger partial charge in [-0.05, 0) is 67.7 Å². The van der Waals surface area contributed by atoms with Crippen LogP contribution in [0.4, 0.5) is 11.4 Å². The summed E-state index contributed by atoms with van der Waals surface area (Å²) in [5, 5.41) is 7.00. The van der Waals surface area contributed by atoms with E-state index in [0.29, 0.717) is 23.0 Å². The predicted octanol–water partition coefficient (Wildman–Crippen LogP) is 5.71. The number of aryl methyl sites for hydroxylation is 1. The molecule has 5 rings (SSSR count). The van der Waals surface area contributed by atoms with Crippen LogP contribution in [0, 0.1) is 6.92 Å². The zero-order valence-electron chi connectivity index (χ0n) is 21.0. The van der Waals surface area contributed by atoms with Gasteiger partial charge in [-0.2, -0.15) is 0 Å². The highest BCUT2D eigenvalue weighted by Crippen LogP contribution is 2.43. The normalized spacial score (nSPS) is 16.9. The van der Waals surface area contributed by atoms with Gasteiger partial charge in [0.05, 0.1) is 24.5 Å². The molecule has 7 nitrogen and oxygen atoms in total. The molecule has 0 bridgehead atoms. The maximum absolute atomic E-state index is 12.0. The monoisotopic (exact) mass is 511 g/mol. The number of aromatic nitrogens is 2. The Morgan fingerprint density at radius 1 is 1.08 bits per heavy atom. The summed E-state index contributed by atoms with van der Waals surface area (Å²) >= 11 is 5.90. The number of carbonyl (C=O) groups is 1. The summed E-state index contributed by atoms with van der Waals surface area (Å²) in [6.45, 7) is 3.90. The largest absolute Gasteiger partial charge is 0.494 e. The van der Waals surface area contributed by atoms with Gasteiger partial charge in [-0.25, -0.2) is 0 Å². The number of hydrogen-bond donors (Lipinski definition) is 2. The Bertz CT molecular complexity index is 1420. The highest BCUT2D eigenvalue weighted by atomic mass is 32.1. The van der Waals surface area contributed by atoms with Crippen molar-refractivity contribution in [2.24, 2.45) is 0 Å². The first-order chi connectivity index (χ1) is 18.0. The van der Waals surface area contributed by atoms with Crippen molar-refractivity contribution in [3.63, 3.8) is 0 Å². The molecule has 0 saturated carbocycles. The number of pyridine rings is 1. The van der Waals surface area contributed by atoms with Crippen LogP contribution < -0.4 is 20.3 Å². The van der Waals surface area contributed by atoms with E-state index in [1.807, 2.05) is 49.4 Å². The number of amides is 1. The molecule has 2 aromatic carbocycles. The third-order valence-corrected chi connectivity index (χ3v) is 6.87. The van der Waals surface area contributed by atoms with Gasteiger partial charge in [0.25, 0.3) is 0 Å². The van der Waals surface area contributed by atoms with Gasteiger partial charge in [0, 0.05) is 41.9 Å². The van der Waals surface area contributed by atoms with Crippen LogP contribution in [0.1, 0.15) is 42.4 Å². The number of hydrogen-bond acceptors (Lipinski definition) is 4. The summed E-state index contributed by atoms with van der Waals surface area (Å²) in [5.41, 5.74) is 5.71. The number of nitrogens with zero attached hydrogens (tertiary/aromatic N) is 3. The summed E-state index contributed by atoms with van der Waals surface area (Å²) in [7, 11) is 1.60. The summed E-state index contributed by atoms with van der Waals surface area (Å²) in [6, 6.07) is 23.9. The number of rotatable bonds is 7. The molecule has 37 heavy (non-hydrogen) atoms. The van der Waals surface area contributed by atoms with Crippen LogP contribution in [0.3, 0.4) is 0 Å². The number of ether oxygens (including phenoxy) is 1. The minimum absolute atomic E-state index is 0.0755. The zero-order valence-corrected chi connectivity index (χ0v) is 21.8. The maximum atomic E-state index is 12.0. The SMILES string of the molecule is CCC(=O)Nc1ccc(N2C(=S)N[C@H](c3ccccn3)[C@H]2c2cccn2-c2ccc(C)cc2)cc1OC. The fourth-order valence-electron chi connectivity index (χ4n) is 4.68. The smallest absolute Gasteiger partial charge is 0.224 e. The van der Waals surface area contributed by atoms with E-state index in [9.17, 15) is 4.79 Å². The lowest BCUT2D eigenvalue weighted by molar-refractivity contribution is -0.115. The van der Waals surface area contributed by atoms with E-state index in [2.05, 4.69) is 68.5 Å². The Hall–Kier alpha value is -4.17. The molecule has 188 valence electrons. The van der Waals surface area contributed by atoms with Gasteiger partial charge in [0.1, 0.15) is 11.8 Å². The van der Waals surface area contributed by atoms with Crippen LogP contribution in [0.15, 0.2) is 85.2 Å². The highest BCUT2D eigenvalue weighted by molar-refractivity contribution is 7.80. The lowest BCUT2D eigenvalue weighted by Crippen LogP contribution is -2.30. The topological polar surface area (TPSA) is 71.4 Å². The second-order valence-electron chi connectivity index (χ2n) is 8.92. The quantitative estimate of drug-likeness (QED) is 0.310.